The van der Waals surface area contributed by atoms with Crippen molar-refractivity contribution in [2.45, 2.75) is 0 Å². The summed E-state index contributed by atoms with van der Waals surface area (Å²) in [6, 6.07) is 13.2. The standard InChI is InChI=1S/C17H14BrFN4O/c1-22-17(16(18)10-20-22)12-3-2-4-14(9-12)21-23(11-24)15-7-5-13(19)6-8-15/h2-11,21H,1H3. The first-order valence-electron chi connectivity index (χ1n) is 7.13. The summed E-state index contributed by atoms with van der Waals surface area (Å²) in [7, 11) is 1.86. The predicted octanol–water partition coefficient (Wildman–Crippen LogP) is 3.98. The lowest BCUT2D eigenvalue weighted by atomic mass is 10.1. The fourth-order valence-corrected chi connectivity index (χ4v) is 2.94. The fraction of sp³-hybridized carbons (Fsp3) is 0.0588. The van der Waals surface area contributed by atoms with Gasteiger partial charge in [-0.15, -0.1) is 0 Å². The van der Waals surface area contributed by atoms with Gasteiger partial charge in [-0.1, -0.05) is 12.1 Å². The first-order valence-corrected chi connectivity index (χ1v) is 7.92. The smallest absolute Gasteiger partial charge is 0.232 e. The number of halogens is 2. The van der Waals surface area contributed by atoms with Crippen molar-refractivity contribution in [2.24, 2.45) is 7.05 Å². The molecule has 3 rings (SSSR count). The zero-order valence-electron chi connectivity index (χ0n) is 12.8. The Morgan fingerprint density at radius 2 is 2.00 bits per heavy atom. The Labute approximate surface area is 146 Å². The van der Waals surface area contributed by atoms with E-state index in [0.29, 0.717) is 12.1 Å². The number of hydrogen-bond acceptors (Lipinski definition) is 3. The van der Waals surface area contributed by atoms with Gasteiger partial charge in [-0.3, -0.25) is 14.9 Å². The van der Waals surface area contributed by atoms with Crippen molar-refractivity contribution in [3.8, 4) is 11.3 Å². The van der Waals surface area contributed by atoms with Crippen LogP contribution in [0.4, 0.5) is 15.8 Å². The normalized spacial score (nSPS) is 10.5. The molecule has 0 saturated carbocycles. The first kappa shape index (κ1) is 16.2. The van der Waals surface area contributed by atoms with Crippen molar-refractivity contribution in [3.63, 3.8) is 0 Å². The van der Waals surface area contributed by atoms with Crippen LogP contribution in [0.5, 0.6) is 0 Å². The van der Waals surface area contributed by atoms with Gasteiger partial charge in [0.2, 0.25) is 6.41 Å². The van der Waals surface area contributed by atoms with E-state index in [1.165, 1.54) is 29.3 Å². The van der Waals surface area contributed by atoms with Gasteiger partial charge in [-0.05, 0) is 52.3 Å². The monoisotopic (exact) mass is 388 g/mol. The van der Waals surface area contributed by atoms with Crippen LogP contribution in [0.1, 0.15) is 0 Å². The number of hydrogen-bond donors (Lipinski definition) is 1. The summed E-state index contributed by atoms with van der Waals surface area (Å²) in [6.45, 7) is 0. The Bertz CT molecular complexity index is 844. The second-order valence-corrected chi connectivity index (χ2v) is 5.96. The molecule has 7 heteroatoms. The van der Waals surface area contributed by atoms with E-state index < -0.39 is 0 Å². The van der Waals surface area contributed by atoms with Crippen LogP contribution in [0.3, 0.4) is 0 Å². The minimum Gasteiger partial charge on any atom is -0.292 e. The largest absolute Gasteiger partial charge is 0.292 e. The highest BCUT2D eigenvalue weighted by atomic mass is 79.9. The molecular weight excluding hydrogens is 375 g/mol. The number of hydrazine groups is 1. The summed E-state index contributed by atoms with van der Waals surface area (Å²) in [4.78, 5) is 11.4. The first-order chi connectivity index (χ1) is 11.6. The van der Waals surface area contributed by atoms with Crippen molar-refractivity contribution >= 4 is 33.7 Å². The molecule has 0 spiro atoms. The molecule has 0 fully saturated rings. The van der Waals surface area contributed by atoms with Gasteiger partial charge in [-0.2, -0.15) is 5.10 Å². The van der Waals surface area contributed by atoms with E-state index in [0.717, 1.165) is 21.4 Å². The highest BCUT2D eigenvalue weighted by Gasteiger charge is 2.11. The molecule has 1 aromatic heterocycles. The number of nitrogens with zero attached hydrogens (tertiary/aromatic N) is 3. The van der Waals surface area contributed by atoms with Crippen LogP contribution < -0.4 is 10.4 Å². The second-order valence-electron chi connectivity index (χ2n) is 5.11. The predicted molar refractivity (Wildman–Crippen MR) is 94.9 cm³/mol. The highest BCUT2D eigenvalue weighted by molar-refractivity contribution is 9.10. The van der Waals surface area contributed by atoms with Crippen LogP contribution in [-0.2, 0) is 11.8 Å². The molecule has 0 unspecified atom stereocenters. The average Bonchev–Trinajstić information content (AvgIpc) is 2.92. The molecular formula is C17H14BrFN4O. The van der Waals surface area contributed by atoms with Crippen molar-refractivity contribution in [1.29, 1.82) is 0 Å². The molecule has 0 aliphatic rings. The van der Waals surface area contributed by atoms with Gasteiger partial charge in [0.05, 0.1) is 27.7 Å². The third-order valence-electron chi connectivity index (χ3n) is 3.49. The minimum absolute atomic E-state index is 0.354. The van der Waals surface area contributed by atoms with Crippen LogP contribution in [0, 0.1) is 5.82 Å². The van der Waals surface area contributed by atoms with E-state index >= 15 is 0 Å². The Kier molecular flexibility index (Phi) is 4.61. The molecule has 3 aromatic rings. The Morgan fingerprint density at radius 1 is 1.25 bits per heavy atom. The van der Waals surface area contributed by atoms with Crippen LogP contribution in [0.25, 0.3) is 11.3 Å². The number of rotatable bonds is 5. The number of aryl methyl sites for hydroxylation is 1. The number of carbonyl (C=O) groups excluding carboxylic acids is 1. The summed E-state index contributed by atoms with van der Waals surface area (Å²) in [5, 5.41) is 5.49. The van der Waals surface area contributed by atoms with E-state index in [4.69, 9.17) is 0 Å². The molecule has 2 aromatic carbocycles. The van der Waals surface area contributed by atoms with Gasteiger partial charge in [0.15, 0.2) is 0 Å². The number of anilines is 2. The van der Waals surface area contributed by atoms with Crippen molar-refractivity contribution in [2.75, 3.05) is 10.4 Å². The third-order valence-corrected chi connectivity index (χ3v) is 4.07. The van der Waals surface area contributed by atoms with Gasteiger partial charge in [0, 0.05) is 12.6 Å². The van der Waals surface area contributed by atoms with Gasteiger partial charge in [0.25, 0.3) is 0 Å². The molecule has 1 N–H and O–H groups in total. The number of aromatic nitrogens is 2. The van der Waals surface area contributed by atoms with Crippen molar-refractivity contribution < 1.29 is 9.18 Å². The molecule has 0 radical (unpaired) electrons. The summed E-state index contributed by atoms with van der Waals surface area (Å²) in [5.74, 6) is -0.354. The molecule has 0 bridgehead atoms. The fourth-order valence-electron chi connectivity index (χ4n) is 2.36. The van der Waals surface area contributed by atoms with Crippen molar-refractivity contribution in [1.82, 2.24) is 9.78 Å². The van der Waals surface area contributed by atoms with E-state index in [-0.39, 0.29) is 5.82 Å². The molecule has 1 heterocycles. The van der Waals surface area contributed by atoms with Gasteiger partial charge >= 0.3 is 0 Å². The SMILES string of the molecule is Cn1ncc(Br)c1-c1cccc(NN(C=O)c2ccc(F)cc2)c1. The number of amides is 1. The third kappa shape index (κ3) is 3.30. The number of carbonyl (C=O) groups is 1. The van der Waals surface area contributed by atoms with Crippen molar-refractivity contribution in [3.05, 3.63) is 65.0 Å². The second kappa shape index (κ2) is 6.84. The molecule has 0 saturated heterocycles. The number of benzene rings is 2. The molecule has 5 nitrogen and oxygen atoms in total. The lowest BCUT2D eigenvalue weighted by Crippen LogP contribution is -2.27. The zero-order valence-corrected chi connectivity index (χ0v) is 14.4. The molecule has 0 aliphatic carbocycles. The van der Waals surface area contributed by atoms with Gasteiger partial charge < -0.3 is 0 Å². The average molecular weight is 389 g/mol. The van der Waals surface area contributed by atoms with E-state index in [2.05, 4.69) is 26.5 Å². The molecule has 122 valence electrons. The number of nitrogens with one attached hydrogen (secondary N) is 1. The summed E-state index contributed by atoms with van der Waals surface area (Å²) in [6.07, 6.45) is 2.37. The molecule has 1 amide bonds. The maximum Gasteiger partial charge on any atom is 0.232 e. The highest BCUT2D eigenvalue weighted by Crippen LogP contribution is 2.29. The van der Waals surface area contributed by atoms with E-state index in [1.807, 2.05) is 31.3 Å². The van der Waals surface area contributed by atoms with Crippen LogP contribution in [0.2, 0.25) is 0 Å². The van der Waals surface area contributed by atoms with Crippen LogP contribution >= 0.6 is 15.9 Å². The maximum absolute atomic E-state index is 13.0. The summed E-state index contributed by atoms with van der Waals surface area (Å²) < 4.78 is 15.7. The lowest BCUT2D eigenvalue weighted by Gasteiger charge is -2.20. The molecule has 0 aliphatic heterocycles. The zero-order chi connectivity index (χ0) is 17.1. The minimum atomic E-state index is -0.354. The van der Waals surface area contributed by atoms with E-state index in [9.17, 15) is 9.18 Å². The quantitative estimate of drug-likeness (QED) is 0.531. The Balaban J connectivity index is 1.88. The molecule has 24 heavy (non-hydrogen) atoms. The lowest BCUT2D eigenvalue weighted by molar-refractivity contribution is -0.107. The van der Waals surface area contributed by atoms with Gasteiger partial charge in [-0.25, -0.2) is 9.40 Å². The molecule has 0 atom stereocenters. The van der Waals surface area contributed by atoms with E-state index in [1.54, 1.807) is 10.9 Å². The Morgan fingerprint density at radius 3 is 2.62 bits per heavy atom. The van der Waals surface area contributed by atoms with Crippen LogP contribution in [0.15, 0.2) is 59.2 Å². The summed E-state index contributed by atoms with van der Waals surface area (Å²) >= 11 is 3.48. The maximum atomic E-state index is 13.0. The Hall–Kier alpha value is -2.67. The van der Waals surface area contributed by atoms with Gasteiger partial charge in [0.1, 0.15) is 5.82 Å². The topological polar surface area (TPSA) is 50.2 Å². The van der Waals surface area contributed by atoms with Crippen LogP contribution in [-0.4, -0.2) is 16.2 Å². The summed E-state index contributed by atoms with van der Waals surface area (Å²) in [5.41, 5.74) is 6.13.